The van der Waals surface area contributed by atoms with Gasteiger partial charge in [-0.05, 0) is 19.1 Å². The van der Waals surface area contributed by atoms with Crippen molar-refractivity contribution in [2.75, 3.05) is 43.0 Å². The molecule has 1 aliphatic heterocycles. The lowest BCUT2D eigenvalue weighted by atomic mass is 10.3. The van der Waals surface area contributed by atoms with Gasteiger partial charge in [-0.25, -0.2) is 14.8 Å². The molecule has 0 unspecified atom stereocenters. The van der Waals surface area contributed by atoms with Gasteiger partial charge in [-0.3, -0.25) is 0 Å². The van der Waals surface area contributed by atoms with Crippen molar-refractivity contribution in [3.8, 4) is 0 Å². The number of anilines is 3. The third-order valence-electron chi connectivity index (χ3n) is 4.45. The molecule has 0 atom stereocenters. The van der Waals surface area contributed by atoms with Crippen molar-refractivity contribution in [1.29, 1.82) is 0 Å². The van der Waals surface area contributed by atoms with E-state index in [-0.39, 0.29) is 6.09 Å². The van der Waals surface area contributed by atoms with E-state index in [1.54, 1.807) is 24.2 Å². The van der Waals surface area contributed by atoms with E-state index >= 15 is 0 Å². The molecule has 1 aliphatic rings. The number of para-hydroxylation sites is 1. The number of piperazine rings is 1. The van der Waals surface area contributed by atoms with Gasteiger partial charge >= 0.3 is 6.09 Å². The molecule has 0 aliphatic carbocycles. The summed E-state index contributed by atoms with van der Waals surface area (Å²) in [6.45, 7) is 4.54. The number of rotatable bonds is 4. The van der Waals surface area contributed by atoms with E-state index in [1.807, 2.05) is 35.2 Å². The van der Waals surface area contributed by atoms with Gasteiger partial charge in [-0.1, -0.05) is 18.2 Å². The van der Waals surface area contributed by atoms with E-state index in [0.29, 0.717) is 55.7 Å². The van der Waals surface area contributed by atoms with Crippen LogP contribution in [0, 0.1) is 0 Å². The first-order valence-electron chi connectivity index (χ1n) is 9.22. The predicted octanol–water partition coefficient (Wildman–Crippen LogP) is 2.44. The second-order valence-electron chi connectivity index (χ2n) is 6.26. The maximum atomic E-state index is 11.9. The Morgan fingerprint density at radius 3 is 2.57 bits per heavy atom. The lowest BCUT2D eigenvalue weighted by Crippen LogP contribution is -2.49. The number of fused-ring (bicyclic) bond motifs is 1. The zero-order chi connectivity index (χ0) is 19.3. The van der Waals surface area contributed by atoms with Crippen LogP contribution in [0.1, 0.15) is 6.92 Å². The van der Waals surface area contributed by atoms with Gasteiger partial charge in [0.25, 0.3) is 0 Å². The highest BCUT2D eigenvalue weighted by molar-refractivity contribution is 5.85. The first kappa shape index (κ1) is 17.9. The number of carbonyl (C=O) groups is 1. The van der Waals surface area contributed by atoms with Crippen LogP contribution >= 0.6 is 0 Å². The molecule has 2 aromatic heterocycles. The molecule has 1 N–H and O–H groups in total. The van der Waals surface area contributed by atoms with Crippen molar-refractivity contribution < 1.29 is 9.53 Å². The molecular formula is C19H21N7O2. The van der Waals surface area contributed by atoms with Crippen LogP contribution in [0.5, 0.6) is 0 Å². The third-order valence-corrected chi connectivity index (χ3v) is 4.45. The molecule has 28 heavy (non-hydrogen) atoms. The molecular weight excluding hydrogens is 358 g/mol. The molecule has 0 bridgehead atoms. The maximum Gasteiger partial charge on any atom is 0.409 e. The monoisotopic (exact) mass is 379 g/mol. The first-order chi connectivity index (χ1) is 13.7. The summed E-state index contributed by atoms with van der Waals surface area (Å²) in [5, 5.41) is 3.31. The predicted molar refractivity (Wildman–Crippen MR) is 106 cm³/mol. The highest BCUT2D eigenvalue weighted by atomic mass is 16.6. The Labute approximate surface area is 162 Å². The minimum absolute atomic E-state index is 0.279. The Morgan fingerprint density at radius 1 is 1.07 bits per heavy atom. The van der Waals surface area contributed by atoms with E-state index in [0.717, 1.165) is 5.69 Å². The van der Waals surface area contributed by atoms with Crippen molar-refractivity contribution in [1.82, 2.24) is 24.8 Å². The molecule has 1 fully saturated rings. The molecule has 3 heterocycles. The van der Waals surface area contributed by atoms with Crippen LogP contribution in [0.15, 0.2) is 42.7 Å². The van der Waals surface area contributed by atoms with E-state index in [4.69, 9.17) is 9.72 Å². The van der Waals surface area contributed by atoms with Gasteiger partial charge in [0.05, 0.1) is 6.61 Å². The molecule has 3 aromatic rings. The Hall–Kier alpha value is -3.49. The highest BCUT2D eigenvalue weighted by Crippen LogP contribution is 2.24. The lowest BCUT2D eigenvalue weighted by Gasteiger charge is -2.34. The number of hydrogen-bond donors (Lipinski definition) is 1. The van der Waals surface area contributed by atoms with Crippen LogP contribution in [0.2, 0.25) is 0 Å². The van der Waals surface area contributed by atoms with Crippen molar-refractivity contribution >= 4 is 34.7 Å². The number of amides is 1. The average Bonchev–Trinajstić information content (AvgIpc) is 2.75. The Balaban J connectivity index is 1.59. The maximum absolute atomic E-state index is 11.9. The van der Waals surface area contributed by atoms with Crippen LogP contribution in [0.3, 0.4) is 0 Å². The van der Waals surface area contributed by atoms with E-state index < -0.39 is 0 Å². The van der Waals surface area contributed by atoms with Crippen LogP contribution in [-0.4, -0.2) is 63.7 Å². The van der Waals surface area contributed by atoms with Crippen molar-refractivity contribution in [3.05, 3.63) is 42.7 Å². The number of hydrogen-bond acceptors (Lipinski definition) is 8. The van der Waals surface area contributed by atoms with Crippen LogP contribution < -0.4 is 10.2 Å². The average molecular weight is 379 g/mol. The van der Waals surface area contributed by atoms with Gasteiger partial charge in [0.1, 0.15) is 0 Å². The smallest absolute Gasteiger partial charge is 0.409 e. The molecule has 4 rings (SSSR count). The van der Waals surface area contributed by atoms with Crippen LogP contribution in [-0.2, 0) is 4.74 Å². The minimum Gasteiger partial charge on any atom is -0.450 e. The number of ether oxygens (including phenoxy) is 1. The number of carbonyl (C=O) groups excluding carboxylic acids is 1. The van der Waals surface area contributed by atoms with Gasteiger partial charge < -0.3 is 19.9 Å². The zero-order valence-corrected chi connectivity index (χ0v) is 15.6. The van der Waals surface area contributed by atoms with Crippen LogP contribution in [0.4, 0.5) is 22.2 Å². The minimum atomic E-state index is -0.279. The molecule has 0 spiro atoms. The number of nitrogens with zero attached hydrogens (tertiary/aromatic N) is 6. The van der Waals surface area contributed by atoms with Crippen LogP contribution in [0.25, 0.3) is 11.2 Å². The fourth-order valence-corrected chi connectivity index (χ4v) is 3.04. The summed E-state index contributed by atoms with van der Waals surface area (Å²) in [4.78, 5) is 33.6. The first-order valence-corrected chi connectivity index (χ1v) is 9.22. The molecule has 1 saturated heterocycles. The quantitative estimate of drug-likeness (QED) is 0.738. The third kappa shape index (κ3) is 3.78. The Morgan fingerprint density at radius 2 is 1.82 bits per heavy atom. The van der Waals surface area contributed by atoms with Gasteiger partial charge in [0.2, 0.25) is 5.95 Å². The Kier molecular flexibility index (Phi) is 5.14. The molecule has 144 valence electrons. The molecule has 1 amide bonds. The van der Waals surface area contributed by atoms with Crippen molar-refractivity contribution in [2.24, 2.45) is 0 Å². The molecule has 9 nitrogen and oxygen atoms in total. The summed E-state index contributed by atoms with van der Waals surface area (Å²) in [6, 6.07) is 9.78. The SMILES string of the molecule is CCOC(=O)N1CCN(c2nc(Nc3ccccc3)c3nccnc3n2)CC1. The normalized spacial score (nSPS) is 14.2. The Bertz CT molecular complexity index is 959. The summed E-state index contributed by atoms with van der Waals surface area (Å²) in [5.41, 5.74) is 2.05. The standard InChI is InChI=1S/C19H21N7O2/c1-2-28-19(27)26-12-10-25(11-13-26)18-23-16-15(20-8-9-21-16)17(24-18)22-14-6-4-3-5-7-14/h3-9H,2,10-13H2,1H3,(H,21,22,23,24). The largest absolute Gasteiger partial charge is 0.450 e. The summed E-state index contributed by atoms with van der Waals surface area (Å²) in [6.07, 6.45) is 2.96. The number of nitrogens with one attached hydrogen (secondary N) is 1. The molecule has 0 saturated carbocycles. The summed E-state index contributed by atoms with van der Waals surface area (Å²) in [5.74, 6) is 1.17. The lowest BCUT2D eigenvalue weighted by molar-refractivity contribution is 0.105. The van der Waals surface area contributed by atoms with Gasteiger partial charge in [-0.2, -0.15) is 9.97 Å². The summed E-state index contributed by atoms with van der Waals surface area (Å²) < 4.78 is 5.07. The zero-order valence-electron chi connectivity index (χ0n) is 15.6. The fraction of sp³-hybridized carbons (Fsp3) is 0.316. The number of aromatic nitrogens is 4. The number of benzene rings is 1. The summed E-state index contributed by atoms with van der Waals surface area (Å²) in [7, 11) is 0. The van der Waals surface area contributed by atoms with Gasteiger partial charge in [0, 0.05) is 44.3 Å². The van der Waals surface area contributed by atoms with E-state index in [1.165, 1.54) is 0 Å². The molecule has 0 radical (unpaired) electrons. The molecule has 9 heteroatoms. The van der Waals surface area contributed by atoms with Gasteiger partial charge in [-0.15, -0.1) is 0 Å². The van der Waals surface area contributed by atoms with Crippen molar-refractivity contribution in [3.63, 3.8) is 0 Å². The fourth-order valence-electron chi connectivity index (χ4n) is 3.04. The van der Waals surface area contributed by atoms with E-state index in [9.17, 15) is 4.79 Å². The highest BCUT2D eigenvalue weighted by Gasteiger charge is 2.24. The van der Waals surface area contributed by atoms with Crippen molar-refractivity contribution in [2.45, 2.75) is 6.92 Å². The van der Waals surface area contributed by atoms with Gasteiger partial charge in [0.15, 0.2) is 17.0 Å². The topological polar surface area (TPSA) is 96.4 Å². The summed E-state index contributed by atoms with van der Waals surface area (Å²) >= 11 is 0. The van der Waals surface area contributed by atoms with E-state index in [2.05, 4.69) is 20.3 Å². The second-order valence-corrected chi connectivity index (χ2v) is 6.26. The molecule has 1 aromatic carbocycles. The second kappa shape index (κ2) is 8.03.